The van der Waals surface area contributed by atoms with E-state index >= 15 is 0 Å². The second-order valence-corrected chi connectivity index (χ2v) is 9.48. The molecule has 5 rings (SSSR count). The van der Waals surface area contributed by atoms with E-state index in [1.54, 1.807) is 19.2 Å². The summed E-state index contributed by atoms with van der Waals surface area (Å²) in [5, 5.41) is 0.568. The van der Waals surface area contributed by atoms with Crippen molar-refractivity contribution in [2.75, 3.05) is 11.4 Å². The zero-order valence-corrected chi connectivity index (χ0v) is 19.9. The molecule has 170 valence electrons. The molecule has 7 nitrogen and oxygen atoms in total. The lowest BCUT2D eigenvalue weighted by Gasteiger charge is -2.33. The Hall–Kier alpha value is -3.32. The van der Waals surface area contributed by atoms with Crippen LogP contribution < -0.4 is 16.1 Å². The number of anilines is 2. The molecule has 0 amide bonds. The monoisotopic (exact) mass is 463 g/mol. The lowest BCUT2D eigenvalue weighted by molar-refractivity contribution is 0.458. The highest BCUT2D eigenvalue weighted by Gasteiger charge is 2.30. The fourth-order valence-corrected chi connectivity index (χ4v) is 4.79. The van der Waals surface area contributed by atoms with Crippen LogP contribution >= 0.6 is 11.6 Å². The van der Waals surface area contributed by atoms with Gasteiger partial charge in [-0.15, -0.1) is 0 Å². The summed E-state index contributed by atoms with van der Waals surface area (Å²) < 4.78 is 4.70. The van der Waals surface area contributed by atoms with Crippen LogP contribution in [0.5, 0.6) is 0 Å². The number of rotatable bonds is 3. The Labute approximate surface area is 196 Å². The number of nitrogens with zero attached hydrogens (tertiary/aromatic N) is 5. The van der Waals surface area contributed by atoms with Gasteiger partial charge >= 0.3 is 5.69 Å². The fourth-order valence-electron chi connectivity index (χ4n) is 4.57. The van der Waals surface area contributed by atoms with Crippen LogP contribution in [0.15, 0.2) is 52.1 Å². The van der Waals surface area contributed by atoms with Gasteiger partial charge in [0, 0.05) is 30.8 Å². The summed E-state index contributed by atoms with van der Waals surface area (Å²) in [6.07, 6.45) is 0. The Morgan fingerprint density at radius 3 is 2.58 bits per heavy atom. The molecule has 1 aliphatic heterocycles. The summed E-state index contributed by atoms with van der Waals surface area (Å²) in [5.74, 6) is 0.994. The highest BCUT2D eigenvalue weighted by atomic mass is 35.5. The van der Waals surface area contributed by atoms with Crippen molar-refractivity contribution in [2.24, 2.45) is 13.0 Å². The molecule has 2 aromatic carbocycles. The number of benzene rings is 2. The number of aromatic nitrogens is 4. The van der Waals surface area contributed by atoms with Crippen LogP contribution in [0.25, 0.3) is 11.2 Å². The average Bonchev–Trinajstić information content (AvgIpc) is 3.16. The number of hydrogen-bond acceptors (Lipinski definition) is 4. The minimum atomic E-state index is -0.395. The van der Waals surface area contributed by atoms with Gasteiger partial charge in [0.25, 0.3) is 5.56 Å². The second kappa shape index (κ2) is 7.92. The Morgan fingerprint density at radius 1 is 1.06 bits per heavy atom. The Balaban J connectivity index is 1.72. The molecule has 1 unspecified atom stereocenters. The number of hydrogen-bond donors (Lipinski definition) is 0. The normalized spacial score (nSPS) is 15.8. The number of aryl methyl sites for hydroxylation is 3. The zero-order chi connectivity index (χ0) is 23.4. The molecule has 0 N–H and O–H groups in total. The van der Waals surface area contributed by atoms with Gasteiger partial charge in [0.05, 0.1) is 6.54 Å². The van der Waals surface area contributed by atoms with E-state index in [1.165, 1.54) is 20.3 Å². The minimum Gasteiger partial charge on any atom is -0.312 e. The van der Waals surface area contributed by atoms with Gasteiger partial charge in [-0.2, -0.15) is 4.98 Å². The molecule has 0 fully saturated rings. The molecule has 0 saturated carbocycles. The Kier molecular flexibility index (Phi) is 5.16. The molecule has 0 spiro atoms. The van der Waals surface area contributed by atoms with Crippen molar-refractivity contribution in [1.82, 2.24) is 18.7 Å². The first-order chi connectivity index (χ1) is 15.7. The molecule has 8 heteroatoms. The summed E-state index contributed by atoms with van der Waals surface area (Å²) in [4.78, 5) is 33.7. The molecule has 0 bridgehead atoms. The molecule has 3 heterocycles. The van der Waals surface area contributed by atoms with Crippen LogP contribution in [0.4, 0.5) is 11.6 Å². The highest BCUT2D eigenvalue weighted by molar-refractivity contribution is 6.30. The summed E-state index contributed by atoms with van der Waals surface area (Å²) in [6.45, 7) is 7.95. The van der Waals surface area contributed by atoms with Crippen molar-refractivity contribution in [2.45, 2.75) is 33.9 Å². The van der Waals surface area contributed by atoms with E-state index in [2.05, 4.69) is 43.9 Å². The highest BCUT2D eigenvalue weighted by Crippen LogP contribution is 2.33. The topological polar surface area (TPSA) is 65.1 Å². The maximum absolute atomic E-state index is 13.6. The first-order valence-electron chi connectivity index (χ1n) is 11.0. The van der Waals surface area contributed by atoms with Gasteiger partial charge in [0.1, 0.15) is 0 Å². The van der Waals surface area contributed by atoms with Crippen LogP contribution in [0, 0.1) is 19.8 Å². The van der Waals surface area contributed by atoms with Crippen molar-refractivity contribution in [3.8, 4) is 0 Å². The lowest BCUT2D eigenvalue weighted by atomic mass is 10.1. The van der Waals surface area contributed by atoms with Crippen molar-refractivity contribution < 1.29 is 0 Å². The first kappa shape index (κ1) is 21.5. The van der Waals surface area contributed by atoms with Gasteiger partial charge in [-0.1, -0.05) is 36.7 Å². The SMILES string of the molecule is Cc1ccc(N2CC(C)Cn3c2nc2c3c(=O)n(Cc3cccc(Cl)c3)c(=O)n2C)cc1C. The number of halogens is 1. The third kappa shape index (κ3) is 3.56. The first-order valence-corrected chi connectivity index (χ1v) is 11.4. The molecular weight excluding hydrogens is 438 g/mol. The maximum Gasteiger partial charge on any atom is 0.332 e. The van der Waals surface area contributed by atoms with E-state index in [4.69, 9.17) is 16.6 Å². The predicted molar refractivity (Wildman–Crippen MR) is 132 cm³/mol. The fraction of sp³-hybridized carbons (Fsp3) is 0.320. The molecular formula is C25H26ClN5O2. The van der Waals surface area contributed by atoms with Gasteiger partial charge in [0.15, 0.2) is 11.2 Å². The Morgan fingerprint density at radius 2 is 1.85 bits per heavy atom. The van der Waals surface area contributed by atoms with Crippen molar-refractivity contribution in [3.05, 3.63) is 85.0 Å². The van der Waals surface area contributed by atoms with Gasteiger partial charge in [0.2, 0.25) is 5.95 Å². The smallest absolute Gasteiger partial charge is 0.312 e. The van der Waals surface area contributed by atoms with Gasteiger partial charge in [-0.05, 0) is 60.7 Å². The summed E-state index contributed by atoms with van der Waals surface area (Å²) >= 11 is 6.12. The lowest BCUT2D eigenvalue weighted by Crippen LogP contribution is -2.40. The summed E-state index contributed by atoms with van der Waals surface area (Å²) in [6, 6.07) is 13.5. The quantitative estimate of drug-likeness (QED) is 0.460. The third-order valence-corrected chi connectivity index (χ3v) is 6.71. The van der Waals surface area contributed by atoms with Crippen LogP contribution in [0.3, 0.4) is 0 Å². The maximum atomic E-state index is 13.6. The largest absolute Gasteiger partial charge is 0.332 e. The zero-order valence-electron chi connectivity index (χ0n) is 19.2. The molecule has 0 aliphatic carbocycles. The van der Waals surface area contributed by atoms with E-state index in [1.807, 2.05) is 16.7 Å². The Bertz CT molecular complexity index is 1510. The van der Waals surface area contributed by atoms with Crippen molar-refractivity contribution >= 4 is 34.4 Å². The second-order valence-electron chi connectivity index (χ2n) is 9.04. The van der Waals surface area contributed by atoms with E-state index in [9.17, 15) is 9.59 Å². The third-order valence-electron chi connectivity index (χ3n) is 6.47. The van der Waals surface area contributed by atoms with Crippen LogP contribution in [-0.2, 0) is 20.1 Å². The van der Waals surface area contributed by atoms with E-state index in [0.717, 1.165) is 17.8 Å². The van der Waals surface area contributed by atoms with Crippen LogP contribution in [0.1, 0.15) is 23.6 Å². The minimum absolute atomic E-state index is 0.152. The van der Waals surface area contributed by atoms with E-state index < -0.39 is 5.69 Å². The van der Waals surface area contributed by atoms with Gasteiger partial charge < -0.3 is 9.47 Å². The molecule has 2 aromatic heterocycles. The number of imidazole rings is 1. The number of fused-ring (bicyclic) bond motifs is 3. The standard InChI is InChI=1S/C25H26ClN5O2/c1-15-12-29(20-9-8-16(2)17(3)10-20)24-27-22-21(30(24)13-15)23(32)31(25(33)28(22)4)14-18-6-5-7-19(26)11-18/h5-11,15H,12-14H2,1-4H3. The van der Waals surface area contributed by atoms with Crippen LogP contribution in [0.2, 0.25) is 5.02 Å². The van der Waals surface area contributed by atoms with Gasteiger partial charge in [-0.3, -0.25) is 13.9 Å². The molecule has 4 aromatic rings. The summed E-state index contributed by atoms with van der Waals surface area (Å²) in [5.41, 5.74) is 4.39. The van der Waals surface area contributed by atoms with E-state index in [0.29, 0.717) is 34.6 Å². The van der Waals surface area contributed by atoms with Crippen molar-refractivity contribution in [3.63, 3.8) is 0 Å². The predicted octanol–water partition coefficient (Wildman–Crippen LogP) is 4.00. The molecule has 33 heavy (non-hydrogen) atoms. The average molecular weight is 464 g/mol. The summed E-state index contributed by atoms with van der Waals surface area (Å²) in [7, 11) is 1.67. The molecule has 1 aliphatic rings. The molecule has 0 radical (unpaired) electrons. The van der Waals surface area contributed by atoms with Crippen molar-refractivity contribution in [1.29, 1.82) is 0 Å². The molecule has 1 atom stereocenters. The molecule has 0 saturated heterocycles. The van der Waals surface area contributed by atoms with E-state index in [-0.39, 0.29) is 12.1 Å². The van der Waals surface area contributed by atoms with Crippen LogP contribution in [-0.4, -0.2) is 25.2 Å². The van der Waals surface area contributed by atoms with Gasteiger partial charge in [-0.25, -0.2) is 4.79 Å².